The molecule has 0 fully saturated rings. The molecule has 3 rings (SSSR count). The number of nitrogens with zero attached hydrogens (tertiary/aromatic N) is 3. The SMILES string of the molecule is CCCn1nc(-c2ccc(C(F)(F)F)cc2)nc1COc1ccc(OCC(=O)O)cc1. The Kier molecular flexibility index (Phi) is 6.78. The predicted molar refractivity (Wildman–Crippen MR) is 105 cm³/mol. The minimum absolute atomic E-state index is 0.100. The van der Waals surface area contributed by atoms with E-state index in [1.165, 1.54) is 12.1 Å². The molecule has 10 heteroatoms. The van der Waals surface area contributed by atoms with Crippen LogP contribution in [-0.2, 0) is 24.1 Å². The van der Waals surface area contributed by atoms with Crippen LogP contribution in [-0.4, -0.2) is 32.4 Å². The van der Waals surface area contributed by atoms with Crippen LogP contribution >= 0.6 is 0 Å². The molecular weight excluding hydrogens is 415 g/mol. The number of halogens is 3. The van der Waals surface area contributed by atoms with Gasteiger partial charge >= 0.3 is 12.1 Å². The zero-order valence-electron chi connectivity index (χ0n) is 16.6. The number of alkyl halides is 3. The fraction of sp³-hybridized carbons (Fsp3) is 0.286. The number of aromatic nitrogens is 3. The van der Waals surface area contributed by atoms with Gasteiger partial charge in [-0.1, -0.05) is 19.1 Å². The lowest BCUT2D eigenvalue weighted by molar-refractivity contribution is -0.139. The molecular formula is C21H20F3N3O4. The first-order chi connectivity index (χ1) is 14.8. The normalized spacial score (nSPS) is 11.4. The van der Waals surface area contributed by atoms with Crippen molar-refractivity contribution < 1.29 is 32.5 Å². The largest absolute Gasteiger partial charge is 0.486 e. The number of aliphatic carboxylic acids is 1. The second kappa shape index (κ2) is 9.50. The van der Waals surface area contributed by atoms with Crippen LogP contribution in [0.3, 0.4) is 0 Å². The molecule has 1 N–H and O–H groups in total. The van der Waals surface area contributed by atoms with Gasteiger partial charge in [-0.25, -0.2) is 14.5 Å². The van der Waals surface area contributed by atoms with E-state index in [2.05, 4.69) is 10.1 Å². The van der Waals surface area contributed by atoms with E-state index >= 15 is 0 Å². The highest BCUT2D eigenvalue weighted by molar-refractivity contribution is 5.68. The molecule has 2 aromatic carbocycles. The molecule has 0 unspecified atom stereocenters. The summed E-state index contributed by atoms with van der Waals surface area (Å²) in [5.74, 6) is 0.693. The summed E-state index contributed by atoms with van der Waals surface area (Å²) >= 11 is 0. The lowest BCUT2D eigenvalue weighted by atomic mass is 10.1. The molecule has 0 saturated heterocycles. The van der Waals surface area contributed by atoms with Gasteiger partial charge in [0, 0.05) is 12.1 Å². The van der Waals surface area contributed by atoms with Crippen molar-refractivity contribution in [3.05, 3.63) is 59.9 Å². The second-order valence-electron chi connectivity index (χ2n) is 6.59. The maximum Gasteiger partial charge on any atom is 0.416 e. The smallest absolute Gasteiger partial charge is 0.416 e. The number of benzene rings is 2. The van der Waals surface area contributed by atoms with Gasteiger partial charge < -0.3 is 14.6 Å². The predicted octanol–water partition coefficient (Wildman–Crippen LogP) is 4.42. The number of aryl methyl sites for hydroxylation is 1. The fourth-order valence-electron chi connectivity index (χ4n) is 2.73. The van der Waals surface area contributed by atoms with Crippen molar-refractivity contribution in [2.75, 3.05) is 6.61 Å². The van der Waals surface area contributed by atoms with E-state index in [4.69, 9.17) is 14.6 Å². The molecule has 7 nitrogen and oxygen atoms in total. The zero-order valence-corrected chi connectivity index (χ0v) is 16.6. The Labute approximate surface area is 176 Å². The average molecular weight is 435 g/mol. The van der Waals surface area contributed by atoms with Crippen LogP contribution < -0.4 is 9.47 Å². The number of carboxylic acid groups (broad SMARTS) is 1. The lowest BCUT2D eigenvalue weighted by Crippen LogP contribution is -2.09. The molecule has 31 heavy (non-hydrogen) atoms. The average Bonchev–Trinajstić information content (AvgIpc) is 3.14. The number of hydrogen-bond donors (Lipinski definition) is 1. The standard InChI is InChI=1S/C21H20F3N3O4/c1-2-11-27-18(12-30-16-7-9-17(10-8-16)31-13-19(28)29)25-20(26-27)14-3-5-15(6-4-14)21(22,23)24/h3-10H,2,11-13H2,1H3,(H,28,29). The van der Waals surface area contributed by atoms with Crippen LogP contribution in [0.4, 0.5) is 13.2 Å². The van der Waals surface area contributed by atoms with Gasteiger partial charge in [0.15, 0.2) is 18.3 Å². The fourth-order valence-corrected chi connectivity index (χ4v) is 2.73. The van der Waals surface area contributed by atoms with Gasteiger partial charge in [0.1, 0.15) is 18.1 Å². The summed E-state index contributed by atoms with van der Waals surface area (Å²) in [6.45, 7) is 2.21. The first-order valence-electron chi connectivity index (χ1n) is 9.45. The Morgan fingerprint density at radius 2 is 1.65 bits per heavy atom. The summed E-state index contributed by atoms with van der Waals surface area (Å²) in [5.41, 5.74) is -0.257. The van der Waals surface area contributed by atoms with Crippen molar-refractivity contribution in [2.24, 2.45) is 0 Å². The van der Waals surface area contributed by atoms with Crippen molar-refractivity contribution in [2.45, 2.75) is 32.7 Å². The molecule has 0 saturated carbocycles. The third-order valence-corrected chi connectivity index (χ3v) is 4.21. The van der Waals surface area contributed by atoms with E-state index in [1.54, 1.807) is 28.9 Å². The Bertz CT molecular complexity index is 1020. The molecule has 0 radical (unpaired) electrons. The maximum atomic E-state index is 12.8. The van der Waals surface area contributed by atoms with E-state index in [0.29, 0.717) is 35.3 Å². The molecule has 0 amide bonds. The Morgan fingerprint density at radius 1 is 1.03 bits per heavy atom. The molecule has 0 spiro atoms. The van der Waals surface area contributed by atoms with Gasteiger partial charge in [0.2, 0.25) is 0 Å². The third kappa shape index (κ3) is 5.97. The Morgan fingerprint density at radius 3 is 2.19 bits per heavy atom. The quantitative estimate of drug-likeness (QED) is 0.536. The van der Waals surface area contributed by atoms with Crippen molar-refractivity contribution in [1.82, 2.24) is 14.8 Å². The van der Waals surface area contributed by atoms with Gasteiger partial charge in [-0.15, -0.1) is 0 Å². The monoisotopic (exact) mass is 435 g/mol. The molecule has 0 aliphatic heterocycles. The minimum atomic E-state index is -4.40. The molecule has 1 heterocycles. The molecule has 0 aliphatic rings. The zero-order chi connectivity index (χ0) is 22.4. The molecule has 164 valence electrons. The maximum absolute atomic E-state index is 12.8. The highest BCUT2D eigenvalue weighted by Crippen LogP contribution is 2.30. The summed E-state index contributed by atoms with van der Waals surface area (Å²) in [7, 11) is 0. The molecule has 0 aliphatic carbocycles. The Hall–Kier alpha value is -3.56. The van der Waals surface area contributed by atoms with E-state index in [9.17, 15) is 18.0 Å². The first-order valence-corrected chi connectivity index (χ1v) is 9.45. The van der Waals surface area contributed by atoms with Crippen LogP contribution in [0.1, 0.15) is 24.7 Å². The van der Waals surface area contributed by atoms with Crippen LogP contribution in [0.15, 0.2) is 48.5 Å². The number of hydrogen-bond acceptors (Lipinski definition) is 5. The molecule has 0 atom stereocenters. The van der Waals surface area contributed by atoms with Crippen molar-refractivity contribution >= 4 is 5.97 Å². The van der Waals surface area contributed by atoms with Crippen LogP contribution in [0.5, 0.6) is 11.5 Å². The number of ether oxygens (including phenoxy) is 2. The minimum Gasteiger partial charge on any atom is -0.486 e. The molecule has 3 aromatic rings. The van der Waals surface area contributed by atoms with E-state index in [0.717, 1.165) is 18.6 Å². The second-order valence-corrected chi connectivity index (χ2v) is 6.59. The summed E-state index contributed by atoms with van der Waals surface area (Å²) in [6.07, 6.45) is -3.61. The molecule has 0 bridgehead atoms. The van der Waals surface area contributed by atoms with E-state index < -0.39 is 24.3 Å². The number of carbonyl (C=O) groups is 1. The summed E-state index contributed by atoms with van der Waals surface area (Å²) in [6, 6.07) is 11.1. The summed E-state index contributed by atoms with van der Waals surface area (Å²) < 4.78 is 50.8. The van der Waals surface area contributed by atoms with Crippen LogP contribution in [0, 0.1) is 0 Å². The van der Waals surface area contributed by atoms with Gasteiger partial charge in [0.25, 0.3) is 0 Å². The van der Waals surface area contributed by atoms with Gasteiger partial charge in [-0.05, 0) is 42.8 Å². The van der Waals surface area contributed by atoms with Gasteiger partial charge in [0.05, 0.1) is 5.56 Å². The van der Waals surface area contributed by atoms with Gasteiger partial charge in [-0.2, -0.15) is 18.3 Å². The first kappa shape index (κ1) is 22.1. The van der Waals surface area contributed by atoms with Crippen LogP contribution in [0.25, 0.3) is 11.4 Å². The Balaban J connectivity index is 1.71. The van der Waals surface area contributed by atoms with Crippen LogP contribution in [0.2, 0.25) is 0 Å². The topological polar surface area (TPSA) is 86.5 Å². The number of rotatable bonds is 9. The van der Waals surface area contributed by atoms with E-state index in [-0.39, 0.29) is 6.61 Å². The van der Waals surface area contributed by atoms with Crippen molar-refractivity contribution in [1.29, 1.82) is 0 Å². The number of carboxylic acids is 1. The van der Waals surface area contributed by atoms with Crippen molar-refractivity contribution in [3.63, 3.8) is 0 Å². The summed E-state index contributed by atoms with van der Waals surface area (Å²) in [4.78, 5) is 15.0. The highest BCUT2D eigenvalue weighted by Gasteiger charge is 2.30. The van der Waals surface area contributed by atoms with Gasteiger partial charge in [-0.3, -0.25) is 0 Å². The lowest BCUT2D eigenvalue weighted by Gasteiger charge is -2.08. The third-order valence-electron chi connectivity index (χ3n) is 4.21. The molecule has 1 aromatic heterocycles. The van der Waals surface area contributed by atoms with E-state index in [1.807, 2.05) is 6.92 Å². The highest BCUT2D eigenvalue weighted by atomic mass is 19.4. The van der Waals surface area contributed by atoms with Crippen molar-refractivity contribution in [3.8, 4) is 22.9 Å². The summed E-state index contributed by atoms with van der Waals surface area (Å²) in [5, 5.41) is 13.0.